The van der Waals surface area contributed by atoms with Crippen molar-refractivity contribution in [3.8, 4) is 22.4 Å². The van der Waals surface area contributed by atoms with Crippen LogP contribution in [0.5, 0.6) is 0 Å². The van der Waals surface area contributed by atoms with Gasteiger partial charge in [-0.1, -0.05) is 59.7 Å². The molecule has 3 heterocycles. The summed E-state index contributed by atoms with van der Waals surface area (Å²) in [7, 11) is 0. The summed E-state index contributed by atoms with van der Waals surface area (Å²) in [5.41, 5.74) is 1.68. The molecular weight excluding hydrogens is 579 g/mol. The third-order valence-corrected chi connectivity index (χ3v) is 7.15. The highest BCUT2D eigenvalue weighted by atomic mass is 32.2. The van der Waals surface area contributed by atoms with E-state index < -0.39 is 39.7 Å². The SMILES string of the molecule is O=C(c1cc([N+](=O)[O-])[nH]n1)N1CCN(c2nc(C(F)(F)F)nc(-c3ccc(CS(=O)O)cc3)c2-c2ccccc2)CC1. The van der Waals surface area contributed by atoms with Crippen LogP contribution in [-0.2, 0) is 23.0 Å². The first-order chi connectivity index (χ1) is 20.0. The first kappa shape index (κ1) is 28.8. The molecule has 1 saturated heterocycles. The zero-order chi connectivity index (χ0) is 30.0. The number of piperazine rings is 1. The van der Waals surface area contributed by atoms with E-state index >= 15 is 0 Å². The van der Waals surface area contributed by atoms with E-state index in [1.165, 1.54) is 4.90 Å². The van der Waals surface area contributed by atoms with Crippen molar-refractivity contribution in [3.05, 3.63) is 87.9 Å². The van der Waals surface area contributed by atoms with Crippen LogP contribution in [0, 0.1) is 10.1 Å². The van der Waals surface area contributed by atoms with E-state index in [9.17, 15) is 36.8 Å². The number of benzene rings is 2. The number of nitrogens with one attached hydrogen (secondary N) is 1. The third-order valence-electron chi connectivity index (χ3n) is 6.57. The molecule has 1 unspecified atom stereocenters. The molecule has 1 fully saturated rings. The monoisotopic (exact) mass is 601 g/mol. The number of nitrogens with zero attached hydrogens (tertiary/aromatic N) is 6. The Labute approximate surface area is 238 Å². The largest absolute Gasteiger partial charge is 0.451 e. The maximum atomic E-state index is 14.1. The second kappa shape index (κ2) is 11.7. The molecule has 1 aliphatic heterocycles. The van der Waals surface area contributed by atoms with Crippen molar-refractivity contribution in [2.45, 2.75) is 11.9 Å². The average molecular weight is 602 g/mol. The van der Waals surface area contributed by atoms with Gasteiger partial charge < -0.3 is 24.5 Å². The lowest BCUT2D eigenvalue weighted by molar-refractivity contribution is -0.389. The van der Waals surface area contributed by atoms with Crippen LogP contribution >= 0.6 is 0 Å². The topological polar surface area (TPSA) is 158 Å². The maximum absolute atomic E-state index is 14.1. The molecule has 1 atom stereocenters. The number of anilines is 1. The summed E-state index contributed by atoms with van der Waals surface area (Å²) in [4.78, 5) is 34.1. The van der Waals surface area contributed by atoms with Gasteiger partial charge in [0.2, 0.25) is 5.82 Å². The van der Waals surface area contributed by atoms with Crippen molar-refractivity contribution >= 4 is 28.6 Å². The molecule has 5 rings (SSSR count). The van der Waals surface area contributed by atoms with Crippen LogP contribution in [0.3, 0.4) is 0 Å². The Hall–Kier alpha value is -4.70. The summed E-state index contributed by atoms with van der Waals surface area (Å²) in [6.07, 6.45) is -4.86. The molecule has 2 N–H and O–H groups in total. The van der Waals surface area contributed by atoms with Gasteiger partial charge >= 0.3 is 12.0 Å². The van der Waals surface area contributed by atoms with Crippen molar-refractivity contribution in [2.75, 3.05) is 31.1 Å². The highest BCUT2D eigenvalue weighted by Crippen LogP contribution is 2.40. The molecule has 42 heavy (non-hydrogen) atoms. The number of hydrogen-bond donors (Lipinski definition) is 2. The lowest BCUT2D eigenvalue weighted by atomic mass is 9.98. The fourth-order valence-corrected chi connectivity index (χ4v) is 5.06. The lowest BCUT2D eigenvalue weighted by Crippen LogP contribution is -2.49. The fraction of sp³-hybridized carbons (Fsp3) is 0.231. The van der Waals surface area contributed by atoms with Crippen LogP contribution in [-0.4, -0.2) is 70.8 Å². The zero-order valence-electron chi connectivity index (χ0n) is 21.6. The van der Waals surface area contributed by atoms with Gasteiger partial charge in [0.1, 0.15) is 5.82 Å². The summed E-state index contributed by atoms with van der Waals surface area (Å²) in [5.74, 6) is -2.43. The molecule has 1 aliphatic rings. The van der Waals surface area contributed by atoms with E-state index in [0.717, 1.165) is 6.07 Å². The van der Waals surface area contributed by atoms with Crippen LogP contribution < -0.4 is 4.90 Å². The molecule has 4 aromatic rings. The van der Waals surface area contributed by atoms with Gasteiger partial charge in [0, 0.05) is 31.7 Å². The van der Waals surface area contributed by atoms with Crippen molar-refractivity contribution in [2.24, 2.45) is 0 Å². The third kappa shape index (κ3) is 6.13. The molecule has 1 amide bonds. The molecule has 218 valence electrons. The molecular formula is C26H22F3N7O5S. The Morgan fingerprint density at radius 2 is 1.69 bits per heavy atom. The number of aromatic amines is 1. The minimum atomic E-state index is -4.86. The summed E-state index contributed by atoms with van der Waals surface area (Å²) in [6, 6.07) is 15.9. The van der Waals surface area contributed by atoms with Gasteiger partial charge in [0.25, 0.3) is 5.91 Å². The molecule has 0 bridgehead atoms. The van der Waals surface area contributed by atoms with Gasteiger partial charge in [-0.2, -0.15) is 13.2 Å². The van der Waals surface area contributed by atoms with E-state index in [0.29, 0.717) is 22.3 Å². The van der Waals surface area contributed by atoms with Gasteiger partial charge in [-0.15, -0.1) is 5.10 Å². The number of carbonyl (C=O) groups excluding carboxylic acids is 1. The first-order valence-electron chi connectivity index (χ1n) is 12.5. The average Bonchev–Trinajstić information content (AvgIpc) is 3.47. The van der Waals surface area contributed by atoms with E-state index in [2.05, 4.69) is 20.2 Å². The number of halogens is 3. The number of amides is 1. The summed E-state index contributed by atoms with van der Waals surface area (Å²) in [6.45, 7) is 0.434. The van der Waals surface area contributed by atoms with Crippen molar-refractivity contribution in [1.82, 2.24) is 25.1 Å². The van der Waals surface area contributed by atoms with E-state index in [-0.39, 0.29) is 49.1 Å². The molecule has 2 aromatic heterocycles. The Morgan fingerprint density at radius 1 is 1.02 bits per heavy atom. The number of carbonyl (C=O) groups is 1. The van der Waals surface area contributed by atoms with Gasteiger partial charge in [-0.3, -0.25) is 4.79 Å². The molecule has 0 radical (unpaired) electrons. The molecule has 16 heteroatoms. The Bertz CT molecular complexity index is 1640. The predicted octanol–water partition coefficient (Wildman–Crippen LogP) is 4.14. The summed E-state index contributed by atoms with van der Waals surface area (Å²) in [5, 5.41) is 16.8. The van der Waals surface area contributed by atoms with Gasteiger partial charge in [0.15, 0.2) is 16.8 Å². The van der Waals surface area contributed by atoms with Crippen LogP contribution in [0.1, 0.15) is 21.9 Å². The maximum Gasteiger partial charge on any atom is 0.451 e. The number of alkyl halides is 3. The van der Waals surface area contributed by atoms with Crippen LogP contribution in [0.25, 0.3) is 22.4 Å². The summed E-state index contributed by atoms with van der Waals surface area (Å²) >= 11 is -2.09. The second-order valence-electron chi connectivity index (χ2n) is 9.30. The van der Waals surface area contributed by atoms with Crippen LogP contribution in [0.2, 0.25) is 0 Å². The van der Waals surface area contributed by atoms with Crippen molar-refractivity contribution in [3.63, 3.8) is 0 Å². The molecule has 12 nitrogen and oxygen atoms in total. The van der Waals surface area contributed by atoms with Crippen LogP contribution in [0.4, 0.5) is 24.8 Å². The molecule has 0 saturated carbocycles. The molecule has 0 spiro atoms. The first-order valence-corrected chi connectivity index (χ1v) is 13.7. The Balaban J connectivity index is 1.54. The zero-order valence-corrected chi connectivity index (χ0v) is 22.4. The van der Waals surface area contributed by atoms with Gasteiger partial charge in [-0.25, -0.2) is 14.2 Å². The molecule has 0 aliphatic carbocycles. The van der Waals surface area contributed by atoms with Crippen LogP contribution in [0.15, 0.2) is 60.7 Å². The smallest absolute Gasteiger partial charge is 0.358 e. The van der Waals surface area contributed by atoms with E-state index in [4.69, 9.17) is 0 Å². The standard InChI is InChI=1S/C26H22F3N7O5S/c27-26(28,29)25-30-22(18-8-6-16(7-9-18)15-42(40)41)21(17-4-2-1-3-5-17)23(31-25)34-10-12-35(13-11-34)24(37)19-14-20(33-32-19)36(38)39/h1-9,14H,10-13,15H2,(H,32,33)(H,40,41). The quantitative estimate of drug-likeness (QED) is 0.180. The highest BCUT2D eigenvalue weighted by Gasteiger charge is 2.38. The number of hydrogen-bond acceptors (Lipinski definition) is 8. The van der Waals surface area contributed by atoms with Crippen molar-refractivity contribution < 1.29 is 31.7 Å². The number of nitro groups is 1. The Kier molecular flexibility index (Phi) is 8.00. The number of H-pyrrole nitrogens is 1. The minimum Gasteiger partial charge on any atom is -0.358 e. The van der Waals surface area contributed by atoms with Gasteiger partial charge in [0.05, 0.1) is 23.1 Å². The minimum absolute atomic E-state index is 0.0255. The van der Waals surface area contributed by atoms with Gasteiger partial charge in [-0.05, 0) is 16.1 Å². The molecule has 2 aromatic carbocycles. The van der Waals surface area contributed by atoms with E-state index in [1.807, 2.05) is 0 Å². The van der Waals surface area contributed by atoms with E-state index in [1.54, 1.807) is 59.5 Å². The summed E-state index contributed by atoms with van der Waals surface area (Å²) < 4.78 is 62.6. The second-order valence-corrected chi connectivity index (χ2v) is 10.2. The predicted molar refractivity (Wildman–Crippen MR) is 146 cm³/mol. The number of rotatable bonds is 7. The van der Waals surface area contributed by atoms with Crippen molar-refractivity contribution in [1.29, 1.82) is 0 Å². The highest BCUT2D eigenvalue weighted by molar-refractivity contribution is 7.78. The normalized spacial score (nSPS) is 14.6. The Morgan fingerprint density at radius 3 is 2.26 bits per heavy atom. The number of aromatic nitrogens is 4. The lowest BCUT2D eigenvalue weighted by Gasteiger charge is -2.36. The fourth-order valence-electron chi connectivity index (χ4n) is 4.58.